The minimum absolute atomic E-state index is 0.226. The van der Waals surface area contributed by atoms with Crippen LogP contribution in [0.4, 0.5) is 11.8 Å². The second-order valence-corrected chi connectivity index (χ2v) is 6.34. The van der Waals surface area contributed by atoms with Crippen molar-refractivity contribution < 1.29 is 0 Å². The molecule has 0 spiro atoms. The van der Waals surface area contributed by atoms with Gasteiger partial charge in [0.15, 0.2) is 0 Å². The number of nitrogens with one attached hydrogen (secondary N) is 1. The standard InChI is InChI=1S/C16H27N5/c17-13-7-3-4-8-14(13)19-16-18-10-9-15(20-16)21-11-5-1-2-6-12-21/h9-10,13-14H,1-8,11-12,17H2,(H,18,19,20). The molecular formula is C16H27N5. The van der Waals surface area contributed by atoms with Gasteiger partial charge in [0, 0.05) is 31.4 Å². The summed E-state index contributed by atoms with van der Waals surface area (Å²) in [5, 5.41) is 3.45. The maximum atomic E-state index is 6.20. The molecule has 1 aromatic heterocycles. The SMILES string of the molecule is NC1CCCCC1Nc1nccc(N2CCCCCC2)n1. The van der Waals surface area contributed by atoms with Crippen molar-refractivity contribution >= 4 is 11.8 Å². The predicted molar refractivity (Wildman–Crippen MR) is 86.6 cm³/mol. The molecule has 0 amide bonds. The molecule has 0 aromatic carbocycles. The lowest BCUT2D eigenvalue weighted by molar-refractivity contribution is 0.402. The number of rotatable bonds is 3. The molecule has 1 aliphatic heterocycles. The Bertz CT molecular complexity index is 442. The van der Waals surface area contributed by atoms with Gasteiger partial charge in [0.05, 0.1) is 0 Å². The Labute approximate surface area is 127 Å². The minimum atomic E-state index is 0.226. The zero-order valence-electron chi connectivity index (χ0n) is 12.8. The van der Waals surface area contributed by atoms with E-state index in [1.807, 2.05) is 12.3 Å². The van der Waals surface area contributed by atoms with Crippen LogP contribution in [0.1, 0.15) is 51.4 Å². The summed E-state index contributed by atoms with van der Waals surface area (Å²) in [5.41, 5.74) is 6.20. The van der Waals surface area contributed by atoms with E-state index in [0.717, 1.165) is 37.7 Å². The van der Waals surface area contributed by atoms with Crippen LogP contribution in [0, 0.1) is 0 Å². The van der Waals surface area contributed by atoms with Crippen molar-refractivity contribution in [2.45, 2.75) is 63.5 Å². The maximum Gasteiger partial charge on any atom is 0.224 e. The molecule has 0 bridgehead atoms. The van der Waals surface area contributed by atoms with Crippen LogP contribution in [-0.4, -0.2) is 35.1 Å². The normalized spacial score (nSPS) is 27.2. The highest BCUT2D eigenvalue weighted by molar-refractivity contribution is 5.43. The molecule has 5 nitrogen and oxygen atoms in total. The van der Waals surface area contributed by atoms with E-state index in [-0.39, 0.29) is 6.04 Å². The van der Waals surface area contributed by atoms with E-state index >= 15 is 0 Å². The lowest BCUT2D eigenvalue weighted by Gasteiger charge is -2.29. The monoisotopic (exact) mass is 289 g/mol. The van der Waals surface area contributed by atoms with Crippen LogP contribution in [0.3, 0.4) is 0 Å². The number of anilines is 2. The summed E-state index contributed by atoms with van der Waals surface area (Å²) in [6, 6.07) is 2.57. The topological polar surface area (TPSA) is 67.1 Å². The Hall–Kier alpha value is -1.36. The maximum absolute atomic E-state index is 6.20. The summed E-state index contributed by atoms with van der Waals surface area (Å²) in [4.78, 5) is 11.5. The van der Waals surface area contributed by atoms with Crippen molar-refractivity contribution in [3.63, 3.8) is 0 Å². The third-order valence-electron chi connectivity index (χ3n) is 4.70. The van der Waals surface area contributed by atoms with Gasteiger partial charge >= 0.3 is 0 Å². The second-order valence-electron chi connectivity index (χ2n) is 6.34. The molecule has 5 heteroatoms. The second kappa shape index (κ2) is 7.07. The number of nitrogens with zero attached hydrogens (tertiary/aromatic N) is 3. The lowest BCUT2D eigenvalue weighted by atomic mass is 9.91. The van der Waals surface area contributed by atoms with E-state index in [1.54, 1.807) is 0 Å². The fraction of sp³-hybridized carbons (Fsp3) is 0.750. The smallest absolute Gasteiger partial charge is 0.224 e. The molecule has 116 valence electrons. The average molecular weight is 289 g/mol. The first-order valence-corrected chi connectivity index (χ1v) is 8.43. The van der Waals surface area contributed by atoms with E-state index in [2.05, 4.69) is 15.2 Å². The first-order valence-electron chi connectivity index (χ1n) is 8.43. The Kier molecular flexibility index (Phi) is 4.91. The van der Waals surface area contributed by atoms with Crippen LogP contribution in [0.15, 0.2) is 12.3 Å². The highest BCUT2D eigenvalue weighted by Gasteiger charge is 2.22. The Balaban J connectivity index is 1.67. The highest BCUT2D eigenvalue weighted by Crippen LogP contribution is 2.21. The molecule has 1 saturated carbocycles. The Morgan fingerprint density at radius 3 is 2.57 bits per heavy atom. The van der Waals surface area contributed by atoms with Crippen molar-refractivity contribution in [1.29, 1.82) is 0 Å². The number of aromatic nitrogens is 2. The zero-order chi connectivity index (χ0) is 14.5. The van der Waals surface area contributed by atoms with Gasteiger partial charge in [-0.15, -0.1) is 0 Å². The van der Waals surface area contributed by atoms with Crippen LogP contribution >= 0.6 is 0 Å². The third kappa shape index (κ3) is 3.84. The molecule has 2 heterocycles. The molecule has 2 atom stereocenters. The summed E-state index contributed by atoms with van der Waals surface area (Å²) in [7, 11) is 0. The summed E-state index contributed by atoms with van der Waals surface area (Å²) in [5.74, 6) is 1.79. The molecule has 21 heavy (non-hydrogen) atoms. The highest BCUT2D eigenvalue weighted by atomic mass is 15.2. The van der Waals surface area contributed by atoms with E-state index in [4.69, 9.17) is 10.7 Å². The van der Waals surface area contributed by atoms with E-state index in [9.17, 15) is 0 Å². The number of hydrogen-bond donors (Lipinski definition) is 2. The Morgan fingerprint density at radius 1 is 1.05 bits per heavy atom. The van der Waals surface area contributed by atoms with Gasteiger partial charge in [-0.2, -0.15) is 4.98 Å². The number of nitrogens with two attached hydrogens (primary N) is 1. The van der Waals surface area contributed by atoms with Crippen LogP contribution in [0.2, 0.25) is 0 Å². The molecule has 0 radical (unpaired) electrons. The van der Waals surface area contributed by atoms with E-state index in [0.29, 0.717) is 6.04 Å². The quantitative estimate of drug-likeness (QED) is 0.895. The van der Waals surface area contributed by atoms with Crippen molar-refractivity contribution in [3.05, 3.63) is 12.3 Å². The lowest BCUT2D eigenvalue weighted by Crippen LogP contribution is -2.43. The van der Waals surface area contributed by atoms with Crippen molar-refractivity contribution in [1.82, 2.24) is 9.97 Å². The Morgan fingerprint density at radius 2 is 1.81 bits per heavy atom. The first-order chi connectivity index (χ1) is 10.3. The van der Waals surface area contributed by atoms with E-state index in [1.165, 1.54) is 38.5 Å². The first kappa shape index (κ1) is 14.6. The molecule has 2 unspecified atom stereocenters. The zero-order valence-corrected chi connectivity index (χ0v) is 12.8. The van der Waals surface area contributed by atoms with Gasteiger partial charge < -0.3 is 16.0 Å². The van der Waals surface area contributed by atoms with Gasteiger partial charge in [0.2, 0.25) is 5.95 Å². The summed E-state index contributed by atoms with van der Waals surface area (Å²) >= 11 is 0. The summed E-state index contributed by atoms with van der Waals surface area (Å²) < 4.78 is 0. The van der Waals surface area contributed by atoms with Gasteiger partial charge in [0.1, 0.15) is 5.82 Å². The molecular weight excluding hydrogens is 262 g/mol. The number of hydrogen-bond acceptors (Lipinski definition) is 5. The fourth-order valence-corrected chi connectivity index (χ4v) is 3.40. The predicted octanol–water partition coefficient (Wildman–Crippen LogP) is 2.54. The van der Waals surface area contributed by atoms with Crippen molar-refractivity contribution in [2.75, 3.05) is 23.3 Å². The van der Waals surface area contributed by atoms with Gasteiger partial charge in [-0.05, 0) is 31.7 Å². The largest absolute Gasteiger partial charge is 0.356 e. The van der Waals surface area contributed by atoms with Gasteiger partial charge in [0.25, 0.3) is 0 Å². The molecule has 3 rings (SSSR count). The summed E-state index contributed by atoms with van der Waals surface area (Å²) in [6.45, 7) is 2.22. The minimum Gasteiger partial charge on any atom is -0.356 e. The molecule has 3 N–H and O–H groups in total. The third-order valence-corrected chi connectivity index (χ3v) is 4.70. The molecule has 1 saturated heterocycles. The molecule has 2 fully saturated rings. The van der Waals surface area contributed by atoms with Crippen LogP contribution < -0.4 is 16.0 Å². The molecule has 1 aromatic rings. The molecule has 2 aliphatic rings. The fourth-order valence-electron chi connectivity index (χ4n) is 3.40. The van der Waals surface area contributed by atoms with Gasteiger partial charge in [-0.25, -0.2) is 4.98 Å². The van der Waals surface area contributed by atoms with Crippen molar-refractivity contribution in [2.24, 2.45) is 5.73 Å². The van der Waals surface area contributed by atoms with Crippen molar-refractivity contribution in [3.8, 4) is 0 Å². The average Bonchev–Trinajstić information content (AvgIpc) is 2.79. The summed E-state index contributed by atoms with van der Waals surface area (Å²) in [6.07, 6.45) is 11.8. The van der Waals surface area contributed by atoms with E-state index < -0.39 is 0 Å². The molecule has 1 aliphatic carbocycles. The van der Waals surface area contributed by atoms with Crippen LogP contribution in [0.5, 0.6) is 0 Å². The van der Waals surface area contributed by atoms with Crippen LogP contribution in [0.25, 0.3) is 0 Å². The van der Waals surface area contributed by atoms with Crippen LogP contribution in [-0.2, 0) is 0 Å². The van der Waals surface area contributed by atoms with Gasteiger partial charge in [-0.3, -0.25) is 0 Å². The van der Waals surface area contributed by atoms with Gasteiger partial charge in [-0.1, -0.05) is 25.7 Å².